The second-order valence-electron chi connectivity index (χ2n) is 6.52. The maximum Gasteiger partial charge on any atom is 0.266 e. The molecular formula is C24H17Cl2N3O3. The van der Waals surface area contributed by atoms with Crippen LogP contribution in [0.4, 0.5) is 11.4 Å². The number of nitriles is 1. The van der Waals surface area contributed by atoms with Crippen molar-refractivity contribution in [1.82, 2.24) is 0 Å². The lowest BCUT2D eigenvalue weighted by Crippen LogP contribution is -2.20. The van der Waals surface area contributed by atoms with Crippen molar-refractivity contribution in [3.63, 3.8) is 0 Å². The van der Waals surface area contributed by atoms with Crippen LogP contribution in [0, 0.1) is 11.3 Å². The number of rotatable bonds is 7. The fourth-order valence-corrected chi connectivity index (χ4v) is 3.25. The Morgan fingerprint density at radius 2 is 1.56 bits per heavy atom. The quantitative estimate of drug-likeness (QED) is 0.353. The maximum atomic E-state index is 12.6. The first kappa shape index (κ1) is 22.9. The first-order valence-corrected chi connectivity index (χ1v) is 10.2. The molecule has 0 atom stereocenters. The topological polar surface area (TPSA) is 91.2 Å². The maximum absolute atomic E-state index is 12.6. The lowest BCUT2D eigenvalue weighted by atomic mass is 10.1. The molecule has 0 aliphatic heterocycles. The first-order chi connectivity index (χ1) is 15.4. The summed E-state index contributed by atoms with van der Waals surface area (Å²) in [4.78, 5) is 24.7. The number of anilines is 2. The van der Waals surface area contributed by atoms with Gasteiger partial charge in [0.2, 0.25) is 0 Å². The highest BCUT2D eigenvalue weighted by Crippen LogP contribution is 2.24. The highest BCUT2D eigenvalue weighted by molar-refractivity contribution is 6.35. The molecule has 0 aromatic heterocycles. The Labute approximate surface area is 195 Å². The third-order valence-electron chi connectivity index (χ3n) is 4.12. The number of nitrogens with zero attached hydrogens (tertiary/aromatic N) is 1. The van der Waals surface area contributed by atoms with Gasteiger partial charge in [-0.05, 0) is 42.5 Å². The minimum Gasteiger partial charge on any atom is -0.483 e. The highest BCUT2D eigenvalue weighted by atomic mass is 35.5. The van der Waals surface area contributed by atoms with Crippen LogP contribution >= 0.6 is 23.2 Å². The van der Waals surface area contributed by atoms with Gasteiger partial charge in [-0.1, -0.05) is 59.6 Å². The summed E-state index contributed by atoms with van der Waals surface area (Å²) in [7, 11) is 0. The summed E-state index contributed by atoms with van der Waals surface area (Å²) in [5.41, 5.74) is 1.32. The van der Waals surface area contributed by atoms with Crippen LogP contribution in [-0.2, 0) is 9.59 Å². The molecule has 2 amide bonds. The van der Waals surface area contributed by atoms with Gasteiger partial charge in [-0.25, -0.2) is 0 Å². The number of nitrogens with one attached hydrogen (secondary N) is 2. The number of para-hydroxylation sites is 2. The highest BCUT2D eigenvalue weighted by Gasteiger charge is 2.13. The lowest BCUT2D eigenvalue weighted by Gasteiger charge is -2.10. The fourth-order valence-electron chi connectivity index (χ4n) is 2.72. The van der Waals surface area contributed by atoms with Gasteiger partial charge in [0.1, 0.15) is 17.4 Å². The number of ether oxygens (including phenoxy) is 1. The van der Waals surface area contributed by atoms with Gasteiger partial charge in [0.25, 0.3) is 11.8 Å². The minimum absolute atomic E-state index is 0.161. The van der Waals surface area contributed by atoms with E-state index in [-0.39, 0.29) is 18.1 Å². The van der Waals surface area contributed by atoms with Crippen LogP contribution in [0.1, 0.15) is 5.56 Å². The zero-order valence-corrected chi connectivity index (χ0v) is 18.2. The summed E-state index contributed by atoms with van der Waals surface area (Å²) in [5, 5.41) is 15.5. The van der Waals surface area contributed by atoms with Crippen molar-refractivity contribution >= 4 is 52.5 Å². The van der Waals surface area contributed by atoms with Gasteiger partial charge in [-0.3, -0.25) is 9.59 Å². The molecule has 0 spiro atoms. The molecule has 0 saturated heterocycles. The van der Waals surface area contributed by atoms with Crippen LogP contribution in [-0.4, -0.2) is 18.4 Å². The van der Waals surface area contributed by atoms with Crippen molar-refractivity contribution in [1.29, 1.82) is 5.26 Å². The SMILES string of the molecule is N#C/C(=C\c1ccccc1OCC(=O)Nc1ccccc1)C(=O)Nc1cc(Cl)cc(Cl)c1. The summed E-state index contributed by atoms with van der Waals surface area (Å²) in [6.45, 7) is -0.241. The van der Waals surface area contributed by atoms with Crippen molar-refractivity contribution in [3.05, 3.63) is 94.0 Å². The third-order valence-corrected chi connectivity index (χ3v) is 4.56. The van der Waals surface area contributed by atoms with Crippen molar-refractivity contribution in [2.75, 3.05) is 17.2 Å². The smallest absolute Gasteiger partial charge is 0.266 e. The van der Waals surface area contributed by atoms with Crippen molar-refractivity contribution < 1.29 is 14.3 Å². The van der Waals surface area contributed by atoms with E-state index in [0.717, 1.165) is 0 Å². The van der Waals surface area contributed by atoms with E-state index in [1.165, 1.54) is 24.3 Å². The lowest BCUT2D eigenvalue weighted by molar-refractivity contribution is -0.118. The molecule has 0 saturated carbocycles. The summed E-state index contributed by atoms with van der Waals surface area (Å²) in [6, 6.07) is 22.2. The molecule has 0 aliphatic rings. The molecule has 0 radical (unpaired) electrons. The Bertz CT molecular complexity index is 1180. The van der Waals surface area contributed by atoms with Gasteiger partial charge >= 0.3 is 0 Å². The molecule has 0 unspecified atom stereocenters. The summed E-state index contributed by atoms with van der Waals surface area (Å²) in [5.74, 6) is -0.629. The number of hydrogen-bond donors (Lipinski definition) is 2. The molecule has 0 aliphatic carbocycles. The standard InChI is InChI=1S/C24H17Cl2N3O3/c25-18-11-19(26)13-21(12-18)29-24(31)17(14-27)10-16-6-4-5-9-22(16)32-15-23(30)28-20-7-2-1-3-8-20/h1-13H,15H2,(H,28,30)(H,29,31)/b17-10+. The molecule has 0 heterocycles. The second kappa shape index (κ2) is 11.0. The van der Waals surface area contributed by atoms with Gasteiger partial charge < -0.3 is 15.4 Å². The van der Waals surface area contributed by atoms with Crippen LogP contribution in [0.25, 0.3) is 6.08 Å². The molecule has 3 aromatic rings. The molecule has 0 fully saturated rings. The van der Waals surface area contributed by atoms with E-state index in [9.17, 15) is 14.9 Å². The molecule has 160 valence electrons. The van der Waals surface area contributed by atoms with Crippen LogP contribution in [0.2, 0.25) is 10.0 Å². The summed E-state index contributed by atoms with van der Waals surface area (Å²) in [6.07, 6.45) is 1.38. The Hall–Kier alpha value is -3.79. The van der Waals surface area contributed by atoms with Crippen molar-refractivity contribution in [2.45, 2.75) is 0 Å². The minimum atomic E-state index is -0.637. The summed E-state index contributed by atoms with van der Waals surface area (Å²) >= 11 is 11.9. The van der Waals surface area contributed by atoms with E-state index < -0.39 is 5.91 Å². The van der Waals surface area contributed by atoms with Crippen molar-refractivity contribution in [3.8, 4) is 11.8 Å². The number of carbonyl (C=O) groups excluding carboxylic acids is 2. The third kappa shape index (κ3) is 6.61. The van der Waals surface area contributed by atoms with E-state index in [1.54, 1.807) is 36.4 Å². The van der Waals surface area contributed by atoms with Gasteiger partial charge in [0.15, 0.2) is 6.61 Å². The number of benzene rings is 3. The number of hydrogen-bond acceptors (Lipinski definition) is 4. The predicted molar refractivity (Wildman–Crippen MR) is 126 cm³/mol. The van der Waals surface area contributed by atoms with Crippen LogP contribution < -0.4 is 15.4 Å². The normalized spacial score (nSPS) is 10.7. The number of carbonyl (C=O) groups is 2. The Kier molecular flexibility index (Phi) is 7.87. The molecule has 32 heavy (non-hydrogen) atoms. The zero-order chi connectivity index (χ0) is 22.9. The molecule has 6 nitrogen and oxygen atoms in total. The largest absolute Gasteiger partial charge is 0.483 e. The Morgan fingerprint density at radius 1 is 0.906 bits per heavy atom. The zero-order valence-electron chi connectivity index (χ0n) is 16.6. The van der Waals surface area contributed by atoms with Gasteiger partial charge in [-0.15, -0.1) is 0 Å². The average Bonchev–Trinajstić information content (AvgIpc) is 2.76. The predicted octanol–water partition coefficient (Wildman–Crippen LogP) is 5.56. The molecule has 2 N–H and O–H groups in total. The average molecular weight is 466 g/mol. The second-order valence-corrected chi connectivity index (χ2v) is 7.40. The van der Waals surface area contributed by atoms with Gasteiger partial charge in [-0.2, -0.15) is 5.26 Å². The van der Waals surface area contributed by atoms with E-state index >= 15 is 0 Å². The monoisotopic (exact) mass is 465 g/mol. The number of halogens is 2. The van der Waals surface area contributed by atoms with Crippen LogP contribution in [0.5, 0.6) is 5.75 Å². The molecule has 0 bridgehead atoms. The van der Waals surface area contributed by atoms with E-state index in [2.05, 4.69) is 10.6 Å². The molecule has 8 heteroatoms. The van der Waals surface area contributed by atoms with E-state index in [0.29, 0.717) is 32.7 Å². The Morgan fingerprint density at radius 3 is 2.25 bits per heavy atom. The molecule has 3 rings (SSSR count). The molecular weight excluding hydrogens is 449 g/mol. The first-order valence-electron chi connectivity index (χ1n) is 9.40. The van der Waals surface area contributed by atoms with Crippen LogP contribution in [0.15, 0.2) is 78.4 Å². The molecule has 3 aromatic carbocycles. The van der Waals surface area contributed by atoms with Gasteiger partial charge in [0.05, 0.1) is 0 Å². The van der Waals surface area contributed by atoms with E-state index in [4.69, 9.17) is 27.9 Å². The fraction of sp³-hybridized carbons (Fsp3) is 0.0417. The van der Waals surface area contributed by atoms with E-state index in [1.807, 2.05) is 24.3 Å². The van der Waals surface area contributed by atoms with Gasteiger partial charge in [0, 0.05) is 27.0 Å². The van der Waals surface area contributed by atoms with Crippen molar-refractivity contribution in [2.24, 2.45) is 0 Å². The van der Waals surface area contributed by atoms with Crippen LogP contribution in [0.3, 0.4) is 0 Å². The summed E-state index contributed by atoms with van der Waals surface area (Å²) < 4.78 is 5.61. The Balaban J connectivity index is 1.71. The number of amides is 2.